The number of halogens is 1. The summed E-state index contributed by atoms with van der Waals surface area (Å²) >= 11 is 6.07. The number of rotatable bonds is 3. The highest BCUT2D eigenvalue weighted by atomic mass is 35.5. The molecule has 0 radical (unpaired) electrons. The second kappa shape index (κ2) is 5.98. The van der Waals surface area contributed by atoms with E-state index in [1.165, 1.54) is 0 Å². The molecule has 1 heterocycles. The molecule has 0 atom stereocenters. The van der Waals surface area contributed by atoms with Crippen LogP contribution in [-0.2, 0) is 0 Å². The maximum atomic E-state index is 12.5. The predicted octanol–water partition coefficient (Wildman–Crippen LogP) is 3.01. The molecule has 0 spiro atoms. The highest BCUT2D eigenvalue weighted by Gasteiger charge is 2.17. The number of carboxylic acid groups (broad SMARTS) is 1. The second-order valence-electron chi connectivity index (χ2n) is 5.53. The Balaban J connectivity index is 2.42. The summed E-state index contributed by atoms with van der Waals surface area (Å²) in [6.45, 7) is 0. The average molecular weight is 344 g/mol. The molecule has 0 amide bonds. The molecule has 0 bridgehead atoms. The molecule has 0 aliphatic carbocycles. The standard InChI is InChI=1S/C17H14ClN3O3/c1-21(2)11-7-12(9-4-3-5-10(18)6-9)14-13(8-11)16(22)15(17(23)24)20-19-14/h3-8H,1-2H3,(H,19,22)(H,23,24). The normalized spacial score (nSPS) is 10.8. The number of carboxylic acids is 1. The second-order valence-corrected chi connectivity index (χ2v) is 5.96. The van der Waals surface area contributed by atoms with Gasteiger partial charge in [-0.3, -0.25) is 9.89 Å². The van der Waals surface area contributed by atoms with Crippen LogP contribution in [0, 0.1) is 0 Å². The Morgan fingerprint density at radius 1 is 1.25 bits per heavy atom. The first-order valence-electron chi connectivity index (χ1n) is 7.11. The Morgan fingerprint density at radius 3 is 2.62 bits per heavy atom. The van der Waals surface area contributed by atoms with Crippen LogP contribution in [0.2, 0.25) is 5.02 Å². The number of benzene rings is 2. The molecule has 0 saturated carbocycles. The molecular weight excluding hydrogens is 330 g/mol. The summed E-state index contributed by atoms with van der Waals surface area (Å²) in [5, 5.41) is 16.4. The van der Waals surface area contributed by atoms with Gasteiger partial charge >= 0.3 is 5.97 Å². The third-order valence-electron chi connectivity index (χ3n) is 3.72. The van der Waals surface area contributed by atoms with Gasteiger partial charge in [-0.25, -0.2) is 4.79 Å². The molecule has 1 aromatic heterocycles. The maximum absolute atomic E-state index is 12.5. The van der Waals surface area contributed by atoms with Gasteiger partial charge in [0.1, 0.15) is 0 Å². The number of hydrogen-bond acceptors (Lipinski definition) is 4. The minimum atomic E-state index is -1.36. The Hall–Kier alpha value is -2.86. The predicted molar refractivity (Wildman–Crippen MR) is 94.1 cm³/mol. The molecule has 122 valence electrons. The molecule has 7 heteroatoms. The topological polar surface area (TPSA) is 86.3 Å². The molecule has 3 aromatic rings. The first-order valence-corrected chi connectivity index (χ1v) is 7.49. The van der Waals surface area contributed by atoms with Gasteiger partial charge in [-0.1, -0.05) is 23.7 Å². The summed E-state index contributed by atoms with van der Waals surface area (Å²) in [4.78, 5) is 25.5. The van der Waals surface area contributed by atoms with Crippen LogP contribution in [0.15, 0.2) is 41.2 Å². The van der Waals surface area contributed by atoms with Gasteiger partial charge < -0.3 is 10.0 Å². The van der Waals surface area contributed by atoms with E-state index in [0.29, 0.717) is 10.5 Å². The van der Waals surface area contributed by atoms with E-state index in [0.717, 1.165) is 16.8 Å². The molecule has 2 N–H and O–H groups in total. The fourth-order valence-electron chi connectivity index (χ4n) is 2.50. The van der Waals surface area contributed by atoms with E-state index >= 15 is 0 Å². The Morgan fingerprint density at radius 2 is 2.00 bits per heavy atom. The van der Waals surface area contributed by atoms with Gasteiger partial charge in [0, 0.05) is 30.4 Å². The fourth-order valence-corrected chi connectivity index (χ4v) is 2.69. The van der Waals surface area contributed by atoms with Gasteiger partial charge in [0.2, 0.25) is 11.1 Å². The molecule has 24 heavy (non-hydrogen) atoms. The van der Waals surface area contributed by atoms with Gasteiger partial charge in [0.25, 0.3) is 0 Å². The van der Waals surface area contributed by atoms with Crippen molar-refractivity contribution in [1.29, 1.82) is 0 Å². The van der Waals surface area contributed by atoms with Crippen LogP contribution < -0.4 is 10.3 Å². The molecule has 0 aliphatic heterocycles. The molecule has 0 aliphatic rings. The van der Waals surface area contributed by atoms with Gasteiger partial charge in [0.15, 0.2) is 0 Å². The zero-order valence-corrected chi connectivity index (χ0v) is 13.8. The summed E-state index contributed by atoms with van der Waals surface area (Å²) in [6, 6.07) is 10.8. The van der Waals surface area contributed by atoms with Crippen molar-refractivity contribution in [3.63, 3.8) is 0 Å². The van der Waals surface area contributed by atoms with Crippen LogP contribution in [0.3, 0.4) is 0 Å². The lowest BCUT2D eigenvalue weighted by atomic mass is 10.0. The Bertz CT molecular complexity index is 1010. The van der Waals surface area contributed by atoms with E-state index in [1.54, 1.807) is 18.2 Å². The zero-order chi connectivity index (χ0) is 17.4. The molecule has 3 rings (SSSR count). The SMILES string of the molecule is CN(C)c1cc(-c2cccc(Cl)c2)c2[nH]nc(C(=O)O)c(=O)c2c1. The average Bonchev–Trinajstić information content (AvgIpc) is 2.54. The lowest BCUT2D eigenvalue weighted by Gasteiger charge is -2.16. The van der Waals surface area contributed by atoms with E-state index in [4.69, 9.17) is 16.7 Å². The molecule has 0 fully saturated rings. The molecule has 6 nitrogen and oxygen atoms in total. The van der Waals surface area contributed by atoms with Crippen molar-refractivity contribution in [2.45, 2.75) is 0 Å². The smallest absolute Gasteiger partial charge is 0.360 e. The molecular formula is C17H14ClN3O3. The van der Waals surface area contributed by atoms with Crippen LogP contribution in [0.5, 0.6) is 0 Å². The van der Waals surface area contributed by atoms with Crippen LogP contribution in [0.4, 0.5) is 5.69 Å². The Kier molecular flexibility index (Phi) is 3.99. The number of nitrogens with one attached hydrogen (secondary N) is 1. The van der Waals surface area contributed by atoms with Crippen molar-refractivity contribution < 1.29 is 9.90 Å². The van der Waals surface area contributed by atoms with Gasteiger partial charge in [-0.2, -0.15) is 5.10 Å². The number of carbonyl (C=O) groups is 1. The number of hydrogen-bond donors (Lipinski definition) is 2. The van der Waals surface area contributed by atoms with Crippen molar-refractivity contribution in [2.24, 2.45) is 0 Å². The van der Waals surface area contributed by atoms with E-state index in [2.05, 4.69) is 10.2 Å². The van der Waals surface area contributed by atoms with Crippen LogP contribution >= 0.6 is 11.6 Å². The highest BCUT2D eigenvalue weighted by molar-refractivity contribution is 6.30. The third-order valence-corrected chi connectivity index (χ3v) is 3.95. The zero-order valence-electron chi connectivity index (χ0n) is 13.0. The van der Waals surface area contributed by atoms with Crippen molar-refractivity contribution in [1.82, 2.24) is 10.2 Å². The van der Waals surface area contributed by atoms with Gasteiger partial charge in [0.05, 0.1) is 10.9 Å². The number of aromatic amines is 1. The quantitative estimate of drug-likeness (QED) is 0.763. The number of aromatic carboxylic acids is 1. The van der Waals surface area contributed by atoms with E-state index in [1.807, 2.05) is 37.2 Å². The summed E-state index contributed by atoms with van der Waals surface area (Å²) in [6.07, 6.45) is 0. The molecule has 0 unspecified atom stereocenters. The first-order chi connectivity index (χ1) is 11.4. The Labute approximate surface area is 142 Å². The van der Waals surface area contributed by atoms with E-state index < -0.39 is 17.1 Å². The first kappa shape index (κ1) is 16.0. The van der Waals surface area contributed by atoms with E-state index in [9.17, 15) is 9.59 Å². The van der Waals surface area contributed by atoms with Gasteiger partial charge in [-0.15, -0.1) is 0 Å². The lowest BCUT2D eigenvalue weighted by Crippen LogP contribution is -2.19. The number of fused-ring (bicyclic) bond motifs is 1. The summed E-state index contributed by atoms with van der Waals surface area (Å²) in [5.74, 6) is -1.36. The summed E-state index contributed by atoms with van der Waals surface area (Å²) in [7, 11) is 3.69. The van der Waals surface area contributed by atoms with Crippen molar-refractivity contribution in [3.05, 3.63) is 57.3 Å². The minimum Gasteiger partial charge on any atom is -0.476 e. The summed E-state index contributed by atoms with van der Waals surface area (Å²) < 4.78 is 0. The largest absolute Gasteiger partial charge is 0.476 e. The highest BCUT2D eigenvalue weighted by Crippen LogP contribution is 2.31. The van der Waals surface area contributed by atoms with Crippen LogP contribution in [-0.4, -0.2) is 35.4 Å². The van der Waals surface area contributed by atoms with Crippen molar-refractivity contribution in [2.75, 3.05) is 19.0 Å². The number of aromatic nitrogens is 2. The van der Waals surface area contributed by atoms with Gasteiger partial charge in [-0.05, 0) is 29.8 Å². The van der Waals surface area contributed by atoms with Crippen molar-refractivity contribution >= 4 is 34.2 Å². The number of H-pyrrole nitrogens is 1. The van der Waals surface area contributed by atoms with Crippen LogP contribution in [0.25, 0.3) is 22.0 Å². The maximum Gasteiger partial charge on any atom is 0.360 e. The fraction of sp³-hybridized carbons (Fsp3) is 0.118. The summed E-state index contributed by atoms with van der Waals surface area (Å²) in [5.41, 5.74) is 1.61. The third kappa shape index (κ3) is 2.72. The molecule has 2 aromatic carbocycles. The minimum absolute atomic E-state index is 0.267. The number of anilines is 1. The number of nitrogens with zero attached hydrogens (tertiary/aromatic N) is 2. The van der Waals surface area contributed by atoms with Crippen molar-refractivity contribution in [3.8, 4) is 11.1 Å². The molecule has 0 saturated heterocycles. The lowest BCUT2D eigenvalue weighted by molar-refractivity contribution is 0.0688. The van der Waals surface area contributed by atoms with E-state index in [-0.39, 0.29) is 5.39 Å². The monoisotopic (exact) mass is 343 g/mol. The van der Waals surface area contributed by atoms with Crippen LogP contribution in [0.1, 0.15) is 10.5 Å².